The van der Waals surface area contributed by atoms with Crippen LogP contribution in [0.2, 0.25) is 0 Å². The van der Waals surface area contributed by atoms with E-state index in [9.17, 15) is 9.18 Å². The number of hydrogen-bond donors (Lipinski definition) is 0. The Morgan fingerprint density at radius 3 is 3.00 bits per heavy atom. The van der Waals surface area contributed by atoms with Gasteiger partial charge in [-0.25, -0.2) is 4.39 Å². The van der Waals surface area contributed by atoms with Crippen LogP contribution in [0.4, 0.5) is 4.39 Å². The van der Waals surface area contributed by atoms with Gasteiger partial charge in [-0.3, -0.25) is 9.78 Å². The molecule has 13 heavy (non-hydrogen) atoms. The Bertz CT molecular complexity index is 337. The van der Waals surface area contributed by atoms with Crippen molar-refractivity contribution in [2.45, 2.75) is 25.2 Å². The molecular formula is C10H10FNO. The highest BCUT2D eigenvalue weighted by Gasteiger charge is 2.27. The molecule has 2 nitrogen and oxygen atoms in total. The van der Waals surface area contributed by atoms with Gasteiger partial charge in [0.25, 0.3) is 0 Å². The molecule has 0 aliphatic heterocycles. The summed E-state index contributed by atoms with van der Waals surface area (Å²) in [5.74, 6) is -0.421. The molecule has 1 aromatic heterocycles. The van der Waals surface area contributed by atoms with Crippen LogP contribution in [0.3, 0.4) is 0 Å². The molecule has 1 fully saturated rings. The third-order valence-corrected chi connectivity index (χ3v) is 2.48. The maximum atomic E-state index is 13.2. The van der Waals surface area contributed by atoms with Gasteiger partial charge >= 0.3 is 0 Å². The fourth-order valence-corrected chi connectivity index (χ4v) is 1.81. The Labute approximate surface area is 75.8 Å². The van der Waals surface area contributed by atoms with E-state index in [1.54, 1.807) is 6.07 Å². The van der Waals surface area contributed by atoms with Crippen molar-refractivity contribution in [3.63, 3.8) is 0 Å². The van der Waals surface area contributed by atoms with Crippen LogP contribution in [0.25, 0.3) is 0 Å². The minimum absolute atomic E-state index is 0.158. The molecule has 2 rings (SSSR count). The molecule has 1 unspecified atom stereocenters. The second-order valence-corrected chi connectivity index (χ2v) is 3.31. The summed E-state index contributed by atoms with van der Waals surface area (Å²) < 4.78 is 13.2. The van der Waals surface area contributed by atoms with Crippen molar-refractivity contribution in [2.75, 3.05) is 0 Å². The number of Topliss-reactive ketones (excluding diaryl/α,β-unsaturated/α-hetero) is 1. The monoisotopic (exact) mass is 179 g/mol. The summed E-state index contributed by atoms with van der Waals surface area (Å²) in [5, 5.41) is 0. The van der Waals surface area contributed by atoms with Crippen molar-refractivity contribution in [3.8, 4) is 0 Å². The molecule has 0 N–H and O–H groups in total. The standard InChI is InChI=1S/C10H10FNO/c11-9-6-12-5-4-7(9)8-2-1-3-10(8)13/h4-6,8H,1-3H2. The lowest BCUT2D eigenvalue weighted by atomic mass is 9.98. The van der Waals surface area contributed by atoms with Crippen LogP contribution in [-0.2, 0) is 4.79 Å². The smallest absolute Gasteiger partial charge is 0.145 e. The van der Waals surface area contributed by atoms with Crippen molar-refractivity contribution in [1.29, 1.82) is 0 Å². The number of ketones is 1. The van der Waals surface area contributed by atoms with E-state index in [0.717, 1.165) is 12.8 Å². The molecule has 0 saturated heterocycles. The summed E-state index contributed by atoms with van der Waals surface area (Å²) >= 11 is 0. The Hall–Kier alpha value is -1.25. The lowest BCUT2D eigenvalue weighted by Gasteiger charge is -2.07. The third kappa shape index (κ3) is 1.46. The number of pyridine rings is 1. The number of nitrogens with zero attached hydrogens (tertiary/aromatic N) is 1. The van der Waals surface area contributed by atoms with Gasteiger partial charge in [0.2, 0.25) is 0 Å². The van der Waals surface area contributed by atoms with Gasteiger partial charge in [-0.2, -0.15) is 0 Å². The molecule has 1 saturated carbocycles. The van der Waals surface area contributed by atoms with Crippen molar-refractivity contribution < 1.29 is 9.18 Å². The summed E-state index contributed by atoms with van der Waals surface area (Å²) in [7, 11) is 0. The first-order valence-corrected chi connectivity index (χ1v) is 4.41. The number of hydrogen-bond acceptors (Lipinski definition) is 2. The normalized spacial score (nSPS) is 22.2. The fraction of sp³-hybridized carbons (Fsp3) is 0.400. The number of carbonyl (C=O) groups excluding carboxylic acids is 1. The zero-order valence-electron chi connectivity index (χ0n) is 7.16. The average Bonchev–Trinajstić information content (AvgIpc) is 2.52. The van der Waals surface area contributed by atoms with Crippen LogP contribution < -0.4 is 0 Å². The first-order valence-electron chi connectivity index (χ1n) is 4.41. The molecule has 1 aliphatic rings. The zero-order valence-corrected chi connectivity index (χ0v) is 7.16. The topological polar surface area (TPSA) is 30.0 Å². The molecule has 0 bridgehead atoms. The van der Waals surface area contributed by atoms with Gasteiger partial charge in [0.1, 0.15) is 11.6 Å². The van der Waals surface area contributed by atoms with Crippen molar-refractivity contribution in [3.05, 3.63) is 29.8 Å². The first kappa shape index (κ1) is 8.35. The Kier molecular flexibility index (Phi) is 2.08. The number of rotatable bonds is 1. The van der Waals surface area contributed by atoms with Crippen LogP contribution in [-0.4, -0.2) is 10.8 Å². The molecule has 0 spiro atoms. The minimum Gasteiger partial charge on any atom is -0.299 e. The van der Waals surface area contributed by atoms with Crippen molar-refractivity contribution in [1.82, 2.24) is 4.98 Å². The summed E-state index contributed by atoms with van der Waals surface area (Å²) in [6.07, 6.45) is 4.95. The minimum atomic E-state index is -0.359. The average molecular weight is 179 g/mol. The molecule has 68 valence electrons. The summed E-state index contributed by atoms with van der Waals surface area (Å²) in [5.41, 5.74) is 0.512. The largest absolute Gasteiger partial charge is 0.299 e. The Balaban J connectivity index is 2.34. The van der Waals surface area contributed by atoms with Gasteiger partial charge in [-0.1, -0.05) is 0 Å². The molecule has 1 aliphatic carbocycles. The molecule has 0 aromatic carbocycles. The van der Waals surface area contributed by atoms with Crippen molar-refractivity contribution >= 4 is 5.78 Å². The van der Waals surface area contributed by atoms with Crippen LogP contribution in [0.5, 0.6) is 0 Å². The molecule has 1 heterocycles. The van der Waals surface area contributed by atoms with Gasteiger partial charge in [0.05, 0.1) is 6.20 Å². The van der Waals surface area contributed by atoms with E-state index in [1.165, 1.54) is 12.4 Å². The lowest BCUT2D eigenvalue weighted by molar-refractivity contribution is -0.118. The maximum absolute atomic E-state index is 13.2. The molecule has 0 radical (unpaired) electrons. The van der Waals surface area contributed by atoms with Gasteiger partial charge in [0, 0.05) is 24.1 Å². The summed E-state index contributed by atoms with van der Waals surface area (Å²) in [6, 6.07) is 1.60. The zero-order chi connectivity index (χ0) is 9.26. The van der Waals surface area contributed by atoms with Crippen molar-refractivity contribution in [2.24, 2.45) is 0 Å². The second-order valence-electron chi connectivity index (χ2n) is 3.31. The number of halogens is 1. The third-order valence-electron chi connectivity index (χ3n) is 2.48. The highest BCUT2D eigenvalue weighted by molar-refractivity contribution is 5.87. The fourth-order valence-electron chi connectivity index (χ4n) is 1.81. The quantitative estimate of drug-likeness (QED) is 0.660. The second kappa shape index (κ2) is 3.24. The molecule has 3 heteroatoms. The summed E-state index contributed by atoms with van der Waals surface area (Å²) in [4.78, 5) is 15.0. The molecule has 1 aromatic rings. The number of carbonyl (C=O) groups is 1. The van der Waals surface area contributed by atoms with Gasteiger partial charge < -0.3 is 0 Å². The van der Waals surface area contributed by atoms with E-state index in [-0.39, 0.29) is 17.5 Å². The Morgan fingerprint density at radius 1 is 1.54 bits per heavy atom. The van der Waals surface area contributed by atoms with E-state index >= 15 is 0 Å². The SMILES string of the molecule is O=C1CCCC1c1ccncc1F. The lowest BCUT2D eigenvalue weighted by Crippen LogP contribution is -2.06. The molecule has 1 atom stereocenters. The Morgan fingerprint density at radius 2 is 2.38 bits per heavy atom. The molecule has 0 amide bonds. The predicted molar refractivity (Wildman–Crippen MR) is 45.8 cm³/mol. The van der Waals surface area contributed by atoms with E-state index in [0.29, 0.717) is 12.0 Å². The van der Waals surface area contributed by atoms with Gasteiger partial charge in [0.15, 0.2) is 0 Å². The molecular weight excluding hydrogens is 169 g/mol. The predicted octanol–water partition coefficient (Wildman–Crippen LogP) is 2.06. The number of aromatic nitrogens is 1. The van der Waals surface area contributed by atoms with Crippen LogP contribution in [0.1, 0.15) is 30.7 Å². The maximum Gasteiger partial charge on any atom is 0.145 e. The summed E-state index contributed by atoms with van der Waals surface area (Å²) in [6.45, 7) is 0. The first-order chi connectivity index (χ1) is 6.29. The van der Waals surface area contributed by atoms with E-state index in [4.69, 9.17) is 0 Å². The highest BCUT2D eigenvalue weighted by Crippen LogP contribution is 2.31. The van der Waals surface area contributed by atoms with Crippen LogP contribution >= 0.6 is 0 Å². The van der Waals surface area contributed by atoms with Gasteiger partial charge in [-0.05, 0) is 18.9 Å². The van der Waals surface area contributed by atoms with E-state index in [1.807, 2.05) is 0 Å². The van der Waals surface area contributed by atoms with E-state index < -0.39 is 0 Å². The van der Waals surface area contributed by atoms with Crippen LogP contribution in [0.15, 0.2) is 18.5 Å². The van der Waals surface area contributed by atoms with E-state index in [2.05, 4.69) is 4.98 Å². The highest BCUT2D eigenvalue weighted by atomic mass is 19.1. The van der Waals surface area contributed by atoms with Gasteiger partial charge in [-0.15, -0.1) is 0 Å². The van der Waals surface area contributed by atoms with Crippen LogP contribution in [0, 0.1) is 5.82 Å².